The van der Waals surface area contributed by atoms with Crippen LogP contribution in [0.15, 0.2) is 18.7 Å². The Labute approximate surface area is 109 Å². The van der Waals surface area contributed by atoms with Gasteiger partial charge in [-0.25, -0.2) is 9.97 Å². The van der Waals surface area contributed by atoms with E-state index in [2.05, 4.69) is 9.97 Å². The zero-order valence-electron chi connectivity index (χ0n) is 10.3. The van der Waals surface area contributed by atoms with Crippen LogP contribution in [0.1, 0.15) is 11.8 Å². The second kappa shape index (κ2) is 4.53. The van der Waals surface area contributed by atoms with Crippen LogP contribution in [-0.2, 0) is 4.74 Å². The van der Waals surface area contributed by atoms with Gasteiger partial charge < -0.3 is 24.6 Å². The molecule has 1 fully saturated rings. The minimum absolute atomic E-state index is 0.345. The summed E-state index contributed by atoms with van der Waals surface area (Å²) in [6, 6.07) is 0. The van der Waals surface area contributed by atoms with Crippen LogP contribution in [-0.4, -0.2) is 54.8 Å². The van der Waals surface area contributed by atoms with Crippen molar-refractivity contribution in [3.63, 3.8) is 0 Å². The van der Waals surface area contributed by atoms with Gasteiger partial charge in [0.15, 0.2) is 6.23 Å². The van der Waals surface area contributed by atoms with E-state index in [4.69, 9.17) is 9.84 Å². The first-order valence-corrected chi connectivity index (χ1v) is 6.03. The lowest BCUT2D eigenvalue weighted by atomic mass is 10.1. The predicted octanol–water partition coefficient (Wildman–Crippen LogP) is -0.649. The Morgan fingerprint density at radius 1 is 1.37 bits per heavy atom. The van der Waals surface area contributed by atoms with E-state index in [0.717, 1.165) is 10.9 Å². The third-order valence-electron chi connectivity index (χ3n) is 3.48. The summed E-state index contributed by atoms with van der Waals surface area (Å²) >= 11 is 0. The lowest BCUT2D eigenvalue weighted by molar-refractivity contribution is -0.0509. The summed E-state index contributed by atoms with van der Waals surface area (Å²) in [5, 5.41) is 29.8. The third-order valence-corrected chi connectivity index (χ3v) is 3.48. The normalized spacial score (nSPS) is 31.2. The molecule has 0 bridgehead atoms. The quantitative estimate of drug-likeness (QED) is 0.667. The van der Waals surface area contributed by atoms with Crippen LogP contribution < -0.4 is 0 Å². The highest BCUT2D eigenvalue weighted by Gasteiger charge is 2.43. The number of aliphatic hydroxyl groups excluding tert-OH is 3. The van der Waals surface area contributed by atoms with Gasteiger partial charge >= 0.3 is 0 Å². The highest BCUT2D eigenvalue weighted by atomic mass is 16.6. The van der Waals surface area contributed by atoms with Crippen LogP contribution in [0.2, 0.25) is 0 Å². The zero-order valence-corrected chi connectivity index (χ0v) is 10.3. The summed E-state index contributed by atoms with van der Waals surface area (Å²) in [4.78, 5) is 8.14. The number of aryl methyl sites for hydroxylation is 1. The number of nitrogens with zero attached hydrogens (tertiary/aromatic N) is 3. The highest BCUT2D eigenvalue weighted by molar-refractivity contribution is 5.79. The number of hydrogen-bond donors (Lipinski definition) is 3. The van der Waals surface area contributed by atoms with E-state index < -0.39 is 24.5 Å². The second-order valence-electron chi connectivity index (χ2n) is 4.71. The molecule has 3 N–H and O–H groups in total. The monoisotopic (exact) mass is 265 g/mol. The summed E-state index contributed by atoms with van der Waals surface area (Å²) in [7, 11) is 0. The lowest BCUT2D eigenvalue weighted by Gasteiger charge is -2.17. The number of aromatic nitrogens is 3. The number of hydrogen-bond acceptors (Lipinski definition) is 6. The first kappa shape index (κ1) is 12.5. The largest absolute Gasteiger partial charge is 0.394 e. The standard InChI is InChI=1S/C12H15N3O4/c1-6-3-15(11-7(6)2-13-5-14-11)12-10(18)9(17)8(4-16)19-12/h2-3,5,8-10,12,16-18H,4H2,1H3/t8-,9-,10?,12-/m1/s1. The number of rotatable bonds is 2. The topological polar surface area (TPSA) is 101 Å². The van der Waals surface area contributed by atoms with E-state index >= 15 is 0 Å². The molecular weight excluding hydrogens is 250 g/mol. The van der Waals surface area contributed by atoms with Gasteiger partial charge in [0.05, 0.1) is 6.61 Å². The van der Waals surface area contributed by atoms with Crippen LogP contribution >= 0.6 is 0 Å². The molecule has 0 amide bonds. The average molecular weight is 265 g/mol. The fraction of sp³-hybridized carbons (Fsp3) is 0.500. The molecule has 1 unspecified atom stereocenters. The molecule has 2 aromatic rings. The molecule has 1 aliphatic rings. The van der Waals surface area contributed by atoms with Gasteiger partial charge in [-0.05, 0) is 12.5 Å². The fourth-order valence-corrected chi connectivity index (χ4v) is 2.45. The second-order valence-corrected chi connectivity index (χ2v) is 4.71. The number of ether oxygens (including phenoxy) is 1. The average Bonchev–Trinajstić information content (AvgIpc) is 2.90. The van der Waals surface area contributed by atoms with Crippen LogP contribution in [0, 0.1) is 6.92 Å². The Balaban J connectivity index is 2.06. The van der Waals surface area contributed by atoms with Crippen molar-refractivity contribution >= 4 is 11.0 Å². The van der Waals surface area contributed by atoms with E-state index in [9.17, 15) is 10.2 Å². The molecule has 0 aliphatic carbocycles. The van der Waals surface area contributed by atoms with Gasteiger partial charge in [0.25, 0.3) is 0 Å². The minimum Gasteiger partial charge on any atom is -0.394 e. The molecule has 102 valence electrons. The predicted molar refractivity (Wildman–Crippen MR) is 65.3 cm³/mol. The maximum absolute atomic E-state index is 10.0. The van der Waals surface area contributed by atoms with Gasteiger partial charge in [-0.15, -0.1) is 0 Å². The minimum atomic E-state index is -1.12. The third kappa shape index (κ3) is 1.82. The first-order chi connectivity index (χ1) is 9.13. The Hall–Kier alpha value is -1.54. The first-order valence-electron chi connectivity index (χ1n) is 6.03. The summed E-state index contributed by atoms with van der Waals surface area (Å²) in [5.41, 5.74) is 1.58. The molecule has 3 heterocycles. The Morgan fingerprint density at radius 3 is 2.84 bits per heavy atom. The van der Waals surface area contributed by atoms with E-state index in [1.807, 2.05) is 6.92 Å². The highest BCUT2D eigenvalue weighted by Crippen LogP contribution is 2.32. The maximum atomic E-state index is 10.0. The summed E-state index contributed by atoms with van der Waals surface area (Å²) < 4.78 is 7.16. The number of fused-ring (bicyclic) bond motifs is 1. The Morgan fingerprint density at radius 2 is 2.16 bits per heavy atom. The van der Waals surface area contributed by atoms with Crippen LogP contribution in [0.25, 0.3) is 11.0 Å². The number of aliphatic hydroxyl groups is 3. The molecular formula is C12H15N3O4. The Bertz CT molecular complexity index is 600. The van der Waals surface area contributed by atoms with Crippen LogP contribution in [0.5, 0.6) is 0 Å². The molecule has 4 atom stereocenters. The Kier molecular flexibility index (Phi) is 2.98. The molecule has 0 spiro atoms. The van der Waals surface area contributed by atoms with Gasteiger partial charge in [0.2, 0.25) is 0 Å². The molecule has 1 saturated heterocycles. The van der Waals surface area contributed by atoms with Crippen molar-refractivity contribution < 1.29 is 20.1 Å². The van der Waals surface area contributed by atoms with E-state index in [1.165, 1.54) is 6.33 Å². The maximum Gasteiger partial charge on any atom is 0.164 e. The molecule has 7 heteroatoms. The molecule has 0 saturated carbocycles. The van der Waals surface area contributed by atoms with Gasteiger partial charge in [-0.1, -0.05) is 0 Å². The van der Waals surface area contributed by atoms with E-state index in [1.54, 1.807) is 17.0 Å². The van der Waals surface area contributed by atoms with Crippen molar-refractivity contribution in [3.05, 3.63) is 24.3 Å². The SMILES string of the molecule is Cc1cn([C@@H]2O[C@H](CO)[C@@H](O)C2O)c2ncncc12. The summed E-state index contributed by atoms with van der Waals surface area (Å²) in [5.74, 6) is 0. The van der Waals surface area contributed by atoms with Crippen molar-refractivity contribution in [2.75, 3.05) is 6.61 Å². The van der Waals surface area contributed by atoms with Crippen molar-refractivity contribution in [3.8, 4) is 0 Å². The van der Waals surface area contributed by atoms with Gasteiger partial charge in [0.1, 0.15) is 30.3 Å². The van der Waals surface area contributed by atoms with Gasteiger partial charge in [-0.3, -0.25) is 0 Å². The van der Waals surface area contributed by atoms with Crippen molar-refractivity contribution in [1.29, 1.82) is 0 Å². The van der Waals surface area contributed by atoms with Gasteiger partial charge in [0, 0.05) is 17.8 Å². The molecule has 0 aromatic carbocycles. The van der Waals surface area contributed by atoms with Crippen molar-refractivity contribution in [1.82, 2.24) is 14.5 Å². The molecule has 2 aromatic heterocycles. The van der Waals surface area contributed by atoms with Crippen molar-refractivity contribution in [2.45, 2.75) is 31.5 Å². The fourth-order valence-electron chi connectivity index (χ4n) is 2.45. The summed E-state index contributed by atoms with van der Waals surface area (Å²) in [6.45, 7) is 1.56. The van der Waals surface area contributed by atoms with Crippen LogP contribution in [0.3, 0.4) is 0 Å². The molecule has 1 aliphatic heterocycles. The summed E-state index contributed by atoms with van der Waals surface area (Å²) in [6.07, 6.45) is 1.11. The van der Waals surface area contributed by atoms with Gasteiger partial charge in [-0.2, -0.15) is 0 Å². The molecule has 7 nitrogen and oxygen atoms in total. The van der Waals surface area contributed by atoms with Crippen molar-refractivity contribution in [2.24, 2.45) is 0 Å². The van der Waals surface area contributed by atoms with E-state index in [-0.39, 0.29) is 6.61 Å². The molecule has 0 radical (unpaired) electrons. The van der Waals surface area contributed by atoms with E-state index in [0.29, 0.717) is 5.65 Å². The molecule has 19 heavy (non-hydrogen) atoms. The lowest BCUT2D eigenvalue weighted by Crippen LogP contribution is -2.33. The smallest absolute Gasteiger partial charge is 0.164 e. The van der Waals surface area contributed by atoms with Crippen LogP contribution in [0.4, 0.5) is 0 Å². The molecule has 3 rings (SSSR count). The zero-order chi connectivity index (χ0) is 13.6.